The lowest BCUT2D eigenvalue weighted by Gasteiger charge is -2.35. The monoisotopic (exact) mass is 423 g/mol. The standard InChI is InChI=1S/C20H30FN5O2S/c1-20(2,3)23-17(27)13-25-9-11-26(12-10-25)18(28)14-24(4)19(29)22-16-8-6-5-7-15(16)21/h5-8H,9-14H2,1-4H3,(H,22,29)(H,23,27). The van der Waals surface area contributed by atoms with Crippen LogP contribution in [0.4, 0.5) is 10.1 Å². The van der Waals surface area contributed by atoms with E-state index in [-0.39, 0.29) is 34.7 Å². The van der Waals surface area contributed by atoms with Gasteiger partial charge in [0.15, 0.2) is 5.11 Å². The van der Waals surface area contributed by atoms with Gasteiger partial charge in [0.05, 0.1) is 18.8 Å². The molecule has 7 nitrogen and oxygen atoms in total. The minimum absolute atomic E-state index is 0.0124. The second kappa shape index (κ2) is 9.98. The Bertz CT molecular complexity index is 745. The molecule has 1 fully saturated rings. The molecule has 0 radical (unpaired) electrons. The molecule has 2 N–H and O–H groups in total. The Morgan fingerprint density at radius 3 is 2.38 bits per heavy atom. The van der Waals surface area contributed by atoms with Crippen molar-refractivity contribution in [3.8, 4) is 0 Å². The minimum Gasteiger partial charge on any atom is -0.350 e. The van der Waals surface area contributed by atoms with E-state index >= 15 is 0 Å². The number of likely N-dealkylation sites (N-methyl/N-ethyl adjacent to an activating group) is 1. The van der Waals surface area contributed by atoms with Crippen LogP contribution >= 0.6 is 12.2 Å². The number of thiocarbonyl (C=S) groups is 1. The van der Waals surface area contributed by atoms with Crippen LogP contribution in [0.3, 0.4) is 0 Å². The number of amides is 2. The summed E-state index contributed by atoms with van der Waals surface area (Å²) in [5.41, 5.74) is 0.0214. The second-order valence-corrected chi connectivity index (χ2v) is 8.61. The predicted molar refractivity (Wildman–Crippen MR) is 116 cm³/mol. The molecule has 2 rings (SSSR count). The number of nitrogens with one attached hydrogen (secondary N) is 2. The van der Waals surface area contributed by atoms with E-state index in [0.29, 0.717) is 32.7 Å². The van der Waals surface area contributed by atoms with Gasteiger partial charge in [-0.25, -0.2) is 4.39 Å². The summed E-state index contributed by atoms with van der Waals surface area (Å²) in [4.78, 5) is 30.0. The first-order chi connectivity index (χ1) is 13.5. The highest BCUT2D eigenvalue weighted by Crippen LogP contribution is 2.13. The quantitative estimate of drug-likeness (QED) is 0.700. The Hall–Kier alpha value is -2.26. The average Bonchev–Trinajstić information content (AvgIpc) is 2.62. The van der Waals surface area contributed by atoms with Crippen molar-refractivity contribution < 1.29 is 14.0 Å². The van der Waals surface area contributed by atoms with E-state index in [1.54, 1.807) is 35.0 Å². The third kappa shape index (κ3) is 7.58. The molecule has 0 bridgehead atoms. The molecule has 0 aliphatic carbocycles. The maximum Gasteiger partial charge on any atom is 0.242 e. The Kier molecular flexibility index (Phi) is 7.92. The average molecular weight is 424 g/mol. The maximum atomic E-state index is 13.7. The fourth-order valence-electron chi connectivity index (χ4n) is 2.96. The SMILES string of the molecule is CN(CC(=O)N1CCN(CC(=O)NC(C)(C)C)CC1)C(=S)Nc1ccccc1F. The normalized spacial score (nSPS) is 15.0. The Balaban J connectivity index is 1.76. The van der Waals surface area contributed by atoms with Gasteiger partial charge in [-0.1, -0.05) is 12.1 Å². The molecule has 1 aliphatic heterocycles. The van der Waals surface area contributed by atoms with Crippen molar-refractivity contribution in [2.75, 3.05) is 51.6 Å². The van der Waals surface area contributed by atoms with Crippen LogP contribution in [-0.2, 0) is 9.59 Å². The van der Waals surface area contributed by atoms with Gasteiger partial charge in [-0.15, -0.1) is 0 Å². The smallest absolute Gasteiger partial charge is 0.242 e. The molecule has 1 aromatic rings. The van der Waals surface area contributed by atoms with E-state index in [1.807, 2.05) is 25.7 Å². The van der Waals surface area contributed by atoms with Crippen molar-refractivity contribution in [2.24, 2.45) is 0 Å². The number of anilines is 1. The van der Waals surface area contributed by atoms with Gasteiger partial charge in [0.25, 0.3) is 0 Å². The summed E-state index contributed by atoms with van der Waals surface area (Å²) in [6.07, 6.45) is 0. The van der Waals surface area contributed by atoms with Gasteiger partial charge in [-0.05, 0) is 45.1 Å². The van der Waals surface area contributed by atoms with E-state index in [9.17, 15) is 14.0 Å². The molecule has 1 saturated heterocycles. The molecule has 0 saturated carbocycles. The van der Waals surface area contributed by atoms with E-state index in [0.717, 1.165) is 0 Å². The number of halogens is 1. The summed E-state index contributed by atoms with van der Waals surface area (Å²) in [5.74, 6) is -0.466. The van der Waals surface area contributed by atoms with Gasteiger partial charge in [0.1, 0.15) is 5.82 Å². The van der Waals surface area contributed by atoms with Gasteiger partial charge in [-0.3, -0.25) is 14.5 Å². The zero-order valence-electron chi connectivity index (χ0n) is 17.5. The Morgan fingerprint density at radius 2 is 1.79 bits per heavy atom. The van der Waals surface area contributed by atoms with E-state index < -0.39 is 5.82 Å². The molecule has 0 unspecified atom stereocenters. The number of rotatable bonds is 5. The number of piperazine rings is 1. The van der Waals surface area contributed by atoms with Crippen LogP contribution in [0.1, 0.15) is 20.8 Å². The van der Waals surface area contributed by atoms with Crippen LogP contribution in [0.25, 0.3) is 0 Å². The van der Waals surface area contributed by atoms with Crippen LogP contribution in [0.2, 0.25) is 0 Å². The van der Waals surface area contributed by atoms with Gasteiger partial charge >= 0.3 is 0 Å². The highest BCUT2D eigenvalue weighted by atomic mass is 32.1. The number of carbonyl (C=O) groups excluding carboxylic acids is 2. The van der Waals surface area contributed by atoms with E-state index in [2.05, 4.69) is 10.6 Å². The molecule has 0 spiro atoms. The lowest BCUT2D eigenvalue weighted by molar-refractivity contribution is -0.133. The van der Waals surface area contributed by atoms with Crippen LogP contribution in [0.5, 0.6) is 0 Å². The van der Waals surface area contributed by atoms with Crippen LogP contribution in [-0.4, -0.2) is 83.5 Å². The van der Waals surface area contributed by atoms with Gasteiger partial charge in [0, 0.05) is 38.8 Å². The summed E-state index contributed by atoms with van der Waals surface area (Å²) in [6, 6.07) is 6.24. The van der Waals surface area contributed by atoms with Crippen LogP contribution < -0.4 is 10.6 Å². The van der Waals surface area contributed by atoms with Crippen molar-refractivity contribution >= 4 is 34.8 Å². The molecule has 29 heavy (non-hydrogen) atoms. The Morgan fingerprint density at radius 1 is 1.17 bits per heavy atom. The fraction of sp³-hybridized carbons (Fsp3) is 0.550. The van der Waals surface area contributed by atoms with Crippen molar-refractivity contribution in [3.05, 3.63) is 30.1 Å². The molecular weight excluding hydrogens is 393 g/mol. The molecular formula is C20H30FN5O2S. The lowest BCUT2D eigenvalue weighted by atomic mass is 10.1. The minimum atomic E-state index is -0.402. The number of hydrogen-bond donors (Lipinski definition) is 2. The van der Waals surface area contributed by atoms with Crippen molar-refractivity contribution in [1.29, 1.82) is 0 Å². The second-order valence-electron chi connectivity index (χ2n) is 8.22. The summed E-state index contributed by atoms with van der Waals surface area (Å²) >= 11 is 5.27. The molecule has 0 atom stereocenters. The zero-order chi connectivity index (χ0) is 21.6. The molecule has 0 aromatic heterocycles. The van der Waals surface area contributed by atoms with Gasteiger partial charge in [0.2, 0.25) is 11.8 Å². The number of benzene rings is 1. The molecule has 9 heteroatoms. The fourth-order valence-corrected chi connectivity index (χ4v) is 3.14. The molecule has 1 aromatic carbocycles. The van der Waals surface area contributed by atoms with Gasteiger partial charge < -0.3 is 20.4 Å². The van der Waals surface area contributed by atoms with E-state index in [4.69, 9.17) is 12.2 Å². The third-order valence-electron chi connectivity index (χ3n) is 4.44. The Labute approximate surface area is 177 Å². The molecule has 1 aliphatic rings. The molecule has 1 heterocycles. The van der Waals surface area contributed by atoms with Crippen molar-refractivity contribution in [1.82, 2.24) is 20.0 Å². The van der Waals surface area contributed by atoms with E-state index in [1.165, 1.54) is 6.07 Å². The predicted octanol–water partition coefficient (Wildman–Crippen LogP) is 1.51. The summed E-state index contributed by atoms with van der Waals surface area (Å²) in [5, 5.41) is 6.05. The molecule has 160 valence electrons. The third-order valence-corrected chi connectivity index (χ3v) is 4.85. The van der Waals surface area contributed by atoms with Gasteiger partial charge in [-0.2, -0.15) is 0 Å². The highest BCUT2D eigenvalue weighted by Gasteiger charge is 2.24. The first kappa shape index (κ1) is 23.0. The van der Waals surface area contributed by atoms with Crippen molar-refractivity contribution in [2.45, 2.75) is 26.3 Å². The first-order valence-electron chi connectivity index (χ1n) is 9.63. The maximum absolute atomic E-state index is 13.7. The van der Waals surface area contributed by atoms with Crippen LogP contribution in [0, 0.1) is 5.82 Å². The van der Waals surface area contributed by atoms with Crippen molar-refractivity contribution in [3.63, 3.8) is 0 Å². The largest absolute Gasteiger partial charge is 0.350 e. The number of carbonyl (C=O) groups is 2. The summed E-state index contributed by atoms with van der Waals surface area (Å²) in [6.45, 7) is 8.68. The number of hydrogen-bond acceptors (Lipinski definition) is 4. The number of nitrogens with zero attached hydrogens (tertiary/aromatic N) is 3. The highest BCUT2D eigenvalue weighted by molar-refractivity contribution is 7.80. The molecule has 2 amide bonds. The zero-order valence-corrected chi connectivity index (χ0v) is 18.3. The summed E-state index contributed by atoms with van der Waals surface area (Å²) < 4.78 is 13.7. The topological polar surface area (TPSA) is 67.9 Å². The summed E-state index contributed by atoms with van der Waals surface area (Å²) in [7, 11) is 1.70. The first-order valence-corrected chi connectivity index (χ1v) is 10.0. The number of para-hydroxylation sites is 1. The van der Waals surface area contributed by atoms with Crippen LogP contribution in [0.15, 0.2) is 24.3 Å². The lowest BCUT2D eigenvalue weighted by Crippen LogP contribution is -2.54.